The molecule has 0 saturated carbocycles. The highest BCUT2D eigenvalue weighted by Gasteiger charge is 2.30. The number of rotatable bonds is 6. The highest BCUT2D eigenvalue weighted by atomic mass is 32.2. The molecule has 3 rings (SSSR count). The summed E-state index contributed by atoms with van der Waals surface area (Å²) in [5.41, 5.74) is 3.07. The van der Waals surface area contributed by atoms with E-state index in [4.69, 9.17) is 0 Å². The highest BCUT2D eigenvalue weighted by molar-refractivity contribution is 7.90. The zero-order valence-corrected chi connectivity index (χ0v) is 17.9. The molecule has 1 aliphatic heterocycles. The van der Waals surface area contributed by atoms with E-state index in [0.29, 0.717) is 25.8 Å². The maximum atomic E-state index is 13.1. The fourth-order valence-electron chi connectivity index (χ4n) is 3.98. The molecule has 1 saturated heterocycles. The lowest BCUT2D eigenvalue weighted by atomic mass is 9.81. The van der Waals surface area contributed by atoms with Gasteiger partial charge in [0.2, 0.25) is 5.91 Å². The maximum Gasteiger partial charge on any atom is 0.222 e. The van der Waals surface area contributed by atoms with Crippen LogP contribution in [0.25, 0.3) is 0 Å². The van der Waals surface area contributed by atoms with Gasteiger partial charge in [0.15, 0.2) is 9.84 Å². The molecule has 0 bridgehead atoms. The van der Waals surface area contributed by atoms with Gasteiger partial charge < -0.3 is 4.90 Å². The van der Waals surface area contributed by atoms with Gasteiger partial charge in [0.1, 0.15) is 5.78 Å². The maximum absolute atomic E-state index is 13.1. The monoisotopic (exact) mass is 413 g/mol. The van der Waals surface area contributed by atoms with Crippen LogP contribution in [0.2, 0.25) is 0 Å². The van der Waals surface area contributed by atoms with Crippen LogP contribution >= 0.6 is 0 Å². The van der Waals surface area contributed by atoms with Crippen LogP contribution in [0.1, 0.15) is 41.9 Å². The summed E-state index contributed by atoms with van der Waals surface area (Å²) in [6.45, 7) is 2.48. The fourth-order valence-corrected chi connectivity index (χ4v) is 4.61. The minimum absolute atomic E-state index is 0.0841. The van der Waals surface area contributed by atoms with Crippen molar-refractivity contribution in [3.63, 3.8) is 0 Å². The Morgan fingerprint density at radius 1 is 1.14 bits per heavy atom. The van der Waals surface area contributed by atoms with Crippen molar-refractivity contribution in [3.05, 3.63) is 65.2 Å². The molecule has 1 fully saturated rings. The third kappa shape index (κ3) is 4.93. The van der Waals surface area contributed by atoms with Crippen molar-refractivity contribution in [2.24, 2.45) is 5.92 Å². The highest BCUT2D eigenvalue weighted by Crippen LogP contribution is 2.33. The molecule has 5 nitrogen and oxygen atoms in total. The van der Waals surface area contributed by atoms with E-state index in [1.165, 1.54) is 6.26 Å². The van der Waals surface area contributed by atoms with E-state index in [9.17, 15) is 18.0 Å². The molecule has 1 aliphatic rings. The molecule has 2 unspecified atom stereocenters. The van der Waals surface area contributed by atoms with Crippen molar-refractivity contribution in [1.29, 1.82) is 0 Å². The lowest BCUT2D eigenvalue weighted by Gasteiger charge is -2.30. The summed E-state index contributed by atoms with van der Waals surface area (Å²) in [5, 5.41) is 0. The molecule has 2 atom stereocenters. The number of aryl methyl sites for hydroxylation is 1. The number of carbonyl (C=O) groups is 2. The van der Waals surface area contributed by atoms with Gasteiger partial charge in [-0.1, -0.05) is 36.4 Å². The Kier molecular flexibility index (Phi) is 6.22. The number of likely N-dealkylation sites (tertiary alicyclic amines) is 1. The Hall–Kier alpha value is -2.47. The van der Waals surface area contributed by atoms with Crippen molar-refractivity contribution in [1.82, 2.24) is 4.90 Å². The number of benzene rings is 2. The average Bonchev–Trinajstić information content (AvgIpc) is 2.68. The summed E-state index contributed by atoms with van der Waals surface area (Å²) in [6, 6.07) is 14.8. The predicted molar refractivity (Wildman–Crippen MR) is 113 cm³/mol. The second kappa shape index (κ2) is 8.49. The Balaban J connectivity index is 1.91. The molecule has 0 aliphatic carbocycles. The first kappa shape index (κ1) is 21.2. The number of sulfone groups is 1. The first-order valence-electron chi connectivity index (χ1n) is 9.79. The van der Waals surface area contributed by atoms with Gasteiger partial charge in [0.25, 0.3) is 0 Å². The quantitative estimate of drug-likeness (QED) is 0.728. The lowest BCUT2D eigenvalue weighted by molar-refractivity contribution is -0.136. The van der Waals surface area contributed by atoms with Crippen molar-refractivity contribution in [3.8, 4) is 0 Å². The third-order valence-corrected chi connectivity index (χ3v) is 6.89. The third-order valence-electron chi connectivity index (χ3n) is 5.76. The molecule has 0 aromatic heterocycles. The number of nitrogens with zero attached hydrogens (tertiary/aromatic N) is 1. The standard InChI is InChI=1S/C23H27NO4S/c1-16-6-4-5-7-20(16)21(17-8-11-19(12-9-17)29(3,27)28)14-22(25)18-10-13-23(26)24(2)15-18/h4-9,11-12,18,21H,10,13-15H2,1-3H3. The molecule has 29 heavy (non-hydrogen) atoms. The molecule has 1 amide bonds. The Bertz CT molecular complexity index is 1010. The summed E-state index contributed by atoms with van der Waals surface area (Å²) in [5.74, 6) is -0.0783. The Labute approximate surface area is 172 Å². The van der Waals surface area contributed by atoms with E-state index < -0.39 is 9.84 Å². The average molecular weight is 414 g/mol. The van der Waals surface area contributed by atoms with Crippen LogP contribution in [0.4, 0.5) is 0 Å². The van der Waals surface area contributed by atoms with E-state index in [-0.39, 0.29) is 28.4 Å². The van der Waals surface area contributed by atoms with Crippen molar-refractivity contribution in [2.75, 3.05) is 19.8 Å². The molecule has 154 valence electrons. The van der Waals surface area contributed by atoms with Crippen molar-refractivity contribution < 1.29 is 18.0 Å². The SMILES string of the molecule is Cc1ccccc1C(CC(=O)C1CCC(=O)N(C)C1)c1ccc(S(C)(=O)=O)cc1. The van der Waals surface area contributed by atoms with E-state index in [1.807, 2.05) is 31.2 Å². The van der Waals surface area contributed by atoms with Gasteiger partial charge >= 0.3 is 0 Å². The smallest absolute Gasteiger partial charge is 0.222 e. The number of ketones is 1. The van der Waals surface area contributed by atoms with Gasteiger partial charge in [0.05, 0.1) is 4.90 Å². The topological polar surface area (TPSA) is 71.5 Å². The molecular weight excluding hydrogens is 386 g/mol. The van der Waals surface area contributed by atoms with Crippen LogP contribution in [0.5, 0.6) is 0 Å². The largest absolute Gasteiger partial charge is 0.345 e. The Morgan fingerprint density at radius 2 is 1.79 bits per heavy atom. The molecule has 1 heterocycles. The first-order chi connectivity index (χ1) is 13.7. The first-order valence-corrected chi connectivity index (χ1v) is 11.7. The summed E-state index contributed by atoms with van der Waals surface area (Å²) < 4.78 is 23.6. The van der Waals surface area contributed by atoms with E-state index in [1.54, 1.807) is 36.2 Å². The number of hydrogen-bond acceptors (Lipinski definition) is 4. The van der Waals surface area contributed by atoms with Gasteiger partial charge in [-0.05, 0) is 42.2 Å². The molecule has 2 aromatic carbocycles. The summed E-state index contributed by atoms with van der Waals surface area (Å²) >= 11 is 0. The van der Waals surface area contributed by atoms with Crippen LogP contribution in [-0.4, -0.2) is 44.9 Å². The summed E-state index contributed by atoms with van der Waals surface area (Å²) in [4.78, 5) is 26.8. The van der Waals surface area contributed by atoms with E-state index in [2.05, 4.69) is 0 Å². The fraction of sp³-hybridized carbons (Fsp3) is 0.391. The number of carbonyl (C=O) groups excluding carboxylic acids is 2. The molecular formula is C23H27NO4S. The summed E-state index contributed by atoms with van der Waals surface area (Å²) in [6.07, 6.45) is 2.52. The minimum atomic E-state index is -3.27. The van der Waals surface area contributed by atoms with Gasteiger partial charge in [-0.15, -0.1) is 0 Å². The predicted octanol–water partition coefficient (Wildman–Crippen LogP) is 3.36. The van der Waals surface area contributed by atoms with E-state index in [0.717, 1.165) is 16.7 Å². The lowest BCUT2D eigenvalue weighted by Crippen LogP contribution is -2.40. The number of piperidine rings is 1. The number of hydrogen-bond donors (Lipinski definition) is 0. The molecule has 0 spiro atoms. The van der Waals surface area contributed by atoms with Gasteiger partial charge in [0, 0.05) is 44.5 Å². The second-order valence-corrected chi connectivity index (χ2v) is 9.95. The number of Topliss-reactive ketones (excluding diaryl/α,β-unsaturated/α-hetero) is 1. The van der Waals surface area contributed by atoms with Gasteiger partial charge in [-0.2, -0.15) is 0 Å². The van der Waals surface area contributed by atoms with Crippen LogP contribution in [0.3, 0.4) is 0 Å². The van der Waals surface area contributed by atoms with E-state index >= 15 is 0 Å². The van der Waals surface area contributed by atoms with Crippen LogP contribution < -0.4 is 0 Å². The zero-order chi connectivity index (χ0) is 21.2. The molecule has 6 heteroatoms. The summed E-state index contributed by atoms with van der Waals surface area (Å²) in [7, 11) is -1.53. The zero-order valence-electron chi connectivity index (χ0n) is 17.1. The van der Waals surface area contributed by atoms with Crippen LogP contribution in [0, 0.1) is 12.8 Å². The van der Waals surface area contributed by atoms with Crippen LogP contribution in [0.15, 0.2) is 53.4 Å². The minimum Gasteiger partial charge on any atom is -0.345 e. The molecule has 0 radical (unpaired) electrons. The van der Waals surface area contributed by atoms with Gasteiger partial charge in [-0.25, -0.2) is 8.42 Å². The van der Waals surface area contributed by atoms with Crippen LogP contribution in [-0.2, 0) is 19.4 Å². The van der Waals surface area contributed by atoms with Crippen molar-refractivity contribution >= 4 is 21.5 Å². The molecule has 2 aromatic rings. The second-order valence-electron chi connectivity index (χ2n) is 7.93. The van der Waals surface area contributed by atoms with Crippen molar-refractivity contribution in [2.45, 2.75) is 37.0 Å². The molecule has 0 N–H and O–H groups in total. The van der Waals surface area contributed by atoms with Gasteiger partial charge in [-0.3, -0.25) is 9.59 Å². The normalized spacial score (nSPS) is 18.5. The Morgan fingerprint density at radius 3 is 2.38 bits per heavy atom. The number of amides is 1.